The fourth-order valence-corrected chi connectivity index (χ4v) is 2.18. The van der Waals surface area contributed by atoms with Crippen molar-refractivity contribution in [2.75, 3.05) is 0 Å². The molecule has 0 radical (unpaired) electrons. The molecule has 0 saturated heterocycles. The number of imidazole rings is 1. The normalized spacial score (nSPS) is 12.2. The Hall–Kier alpha value is -2.10. The lowest BCUT2D eigenvalue weighted by atomic mass is 9.91. The summed E-state index contributed by atoms with van der Waals surface area (Å²) in [5.74, 6) is -0.0475. The molecule has 100 valence electrons. The molecule has 2 rings (SSSR count). The number of H-pyrrole nitrogens is 1. The first-order valence-electron chi connectivity index (χ1n) is 6.30. The average molecular weight is 258 g/mol. The first kappa shape index (κ1) is 13.3. The van der Waals surface area contributed by atoms with E-state index in [1.165, 1.54) is 12.5 Å². The van der Waals surface area contributed by atoms with Crippen molar-refractivity contribution in [3.63, 3.8) is 0 Å². The zero-order valence-corrected chi connectivity index (χ0v) is 11.4. The van der Waals surface area contributed by atoms with Crippen LogP contribution >= 0.6 is 0 Å². The molecule has 1 N–H and O–H groups in total. The number of carbonyl (C=O) groups is 1. The quantitative estimate of drug-likeness (QED) is 0.858. The zero-order valence-electron chi connectivity index (χ0n) is 11.4. The molecule has 4 nitrogen and oxygen atoms in total. The summed E-state index contributed by atoms with van der Waals surface area (Å²) < 4.78 is 5.07. The van der Waals surface area contributed by atoms with E-state index in [-0.39, 0.29) is 11.9 Å². The van der Waals surface area contributed by atoms with Crippen LogP contribution in [-0.2, 0) is 16.1 Å². The van der Waals surface area contributed by atoms with E-state index < -0.39 is 0 Å². The van der Waals surface area contributed by atoms with Crippen molar-refractivity contribution < 1.29 is 9.53 Å². The summed E-state index contributed by atoms with van der Waals surface area (Å²) in [6, 6.07) is 6.06. The highest BCUT2D eigenvalue weighted by atomic mass is 16.5. The van der Waals surface area contributed by atoms with Gasteiger partial charge in [-0.25, -0.2) is 4.98 Å². The van der Waals surface area contributed by atoms with Crippen molar-refractivity contribution in [2.45, 2.75) is 33.3 Å². The van der Waals surface area contributed by atoms with Gasteiger partial charge in [-0.1, -0.05) is 25.1 Å². The summed E-state index contributed by atoms with van der Waals surface area (Å²) in [6.07, 6.45) is 3.59. The summed E-state index contributed by atoms with van der Waals surface area (Å²) in [7, 11) is 0. The highest BCUT2D eigenvalue weighted by molar-refractivity contribution is 5.66. The number of esters is 1. The SMILES string of the molecule is CC(=O)OCc1cccc(C(C)c2c[nH]cn2)c1C. The Morgan fingerprint density at radius 3 is 2.89 bits per heavy atom. The molecule has 19 heavy (non-hydrogen) atoms. The number of nitrogens with zero attached hydrogens (tertiary/aromatic N) is 1. The third-order valence-electron chi connectivity index (χ3n) is 3.35. The first-order chi connectivity index (χ1) is 9.09. The molecule has 0 aliphatic rings. The summed E-state index contributed by atoms with van der Waals surface area (Å²) in [6.45, 7) is 5.92. The van der Waals surface area contributed by atoms with Gasteiger partial charge in [0.25, 0.3) is 0 Å². The predicted molar refractivity (Wildman–Crippen MR) is 72.8 cm³/mol. The van der Waals surface area contributed by atoms with Gasteiger partial charge in [-0.05, 0) is 23.6 Å². The molecular weight excluding hydrogens is 240 g/mol. The number of hydrogen-bond acceptors (Lipinski definition) is 3. The van der Waals surface area contributed by atoms with Crippen LogP contribution in [0, 0.1) is 6.92 Å². The maximum atomic E-state index is 10.9. The van der Waals surface area contributed by atoms with E-state index in [1.54, 1.807) is 6.33 Å². The Labute approximate surface area is 112 Å². The van der Waals surface area contributed by atoms with E-state index in [9.17, 15) is 4.79 Å². The lowest BCUT2D eigenvalue weighted by Crippen LogP contribution is -2.05. The highest BCUT2D eigenvalue weighted by Gasteiger charge is 2.14. The van der Waals surface area contributed by atoms with Gasteiger partial charge < -0.3 is 9.72 Å². The largest absolute Gasteiger partial charge is 0.461 e. The molecule has 1 heterocycles. The molecule has 1 aromatic carbocycles. The number of aromatic amines is 1. The molecule has 0 fully saturated rings. The second kappa shape index (κ2) is 5.69. The van der Waals surface area contributed by atoms with Crippen molar-refractivity contribution in [1.82, 2.24) is 9.97 Å². The summed E-state index contributed by atoms with van der Waals surface area (Å²) in [4.78, 5) is 18.2. The summed E-state index contributed by atoms with van der Waals surface area (Å²) in [5.41, 5.74) is 4.40. The van der Waals surface area contributed by atoms with Crippen molar-refractivity contribution >= 4 is 5.97 Å². The molecule has 0 bridgehead atoms. The van der Waals surface area contributed by atoms with Gasteiger partial charge in [0.2, 0.25) is 0 Å². The molecule has 0 saturated carbocycles. The van der Waals surface area contributed by atoms with E-state index in [4.69, 9.17) is 4.74 Å². The molecule has 1 aromatic heterocycles. The van der Waals surface area contributed by atoms with Crippen molar-refractivity contribution in [1.29, 1.82) is 0 Å². The lowest BCUT2D eigenvalue weighted by molar-refractivity contribution is -0.142. The number of ether oxygens (including phenoxy) is 1. The van der Waals surface area contributed by atoms with Crippen LogP contribution in [0.3, 0.4) is 0 Å². The van der Waals surface area contributed by atoms with Crippen LogP contribution < -0.4 is 0 Å². The van der Waals surface area contributed by atoms with Crippen LogP contribution in [0.15, 0.2) is 30.7 Å². The molecule has 1 unspecified atom stereocenters. The van der Waals surface area contributed by atoms with Gasteiger partial charge in [0, 0.05) is 19.0 Å². The number of carbonyl (C=O) groups excluding carboxylic acids is 1. The number of rotatable bonds is 4. The highest BCUT2D eigenvalue weighted by Crippen LogP contribution is 2.27. The average Bonchev–Trinajstić information content (AvgIpc) is 2.90. The number of benzene rings is 1. The molecule has 0 amide bonds. The molecule has 4 heteroatoms. The lowest BCUT2D eigenvalue weighted by Gasteiger charge is -2.15. The molecule has 1 atom stereocenters. The van der Waals surface area contributed by atoms with E-state index in [1.807, 2.05) is 18.3 Å². The zero-order chi connectivity index (χ0) is 13.8. The van der Waals surface area contributed by atoms with Crippen LogP contribution in [0.1, 0.15) is 42.1 Å². The van der Waals surface area contributed by atoms with Gasteiger partial charge in [0.15, 0.2) is 0 Å². The topological polar surface area (TPSA) is 55.0 Å². The maximum Gasteiger partial charge on any atom is 0.302 e. The van der Waals surface area contributed by atoms with Crippen molar-refractivity contribution in [3.8, 4) is 0 Å². The number of hydrogen-bond donors (Lipinski definition) is 1. The van der Waals surface area contributed by atoms with Gasteiger partial charge >= 0.3 is 5.97 Å². The van der Waals surface area contributed by atoms with Crippen LogP contribution in [0.4, 0.5) is 0 Å². The minimum absolute atomic E-state index is 0.212. The second-order valence-electron chi connectivity index (χ2n) is 4.63. The van der Waals surface area contributed by atoms with Crippen LogP contribution in [0.5, 0.6) is 0 Å². The van der Waals surface area contributed by atoms with Crippen LogP contribution in [0.2, 0.25) is 0 Å². The van der Waals surface area contributed by atoms with Crippen molar-refractivity contribution in [2.24, 2.45) is 0 Å². The molecule has 2 aromatic rings. The fourth-order valence-electron chi connectivity index (χ4n) is 2.18. The number of nitrogens with one attached hydrogen (secondary N) is 1. The second-order valence-corrected chi connectivity index (χ2v) is 4.63. The standard InChI is InChI=1S/C15H18N2O2/c1-10-13(8-19-12(3)18)5-4-6-14(10)11(2)15-7-16-9-17-15/h4-7,9,11H,8H2,1-3H3,(H,16,17). The Morgan fingerprint density at radius 2 is 2.26 bits per heavy atom. The van der Waals surface area contributed by atoms with E-state index >= 15 is 0 Å². The molecule has 0 aliphatic carbocycles. The number of aromatic nitrogens is 2. The Bertz CT molecular complexity index is 562. The monoisotopic (exact) mass is 258 g/mol. The fraction of sp³-hybridized carbons (Fsp3) is 0.333. The first-order valence-corrected chi connectivity index (χ1v) is 6.30. The third-order valence-corrected chi connectivity index (χ3v) is 3.35. The van der Waals surface area contributed by atoms with Gasteiger partial charge in [0.05, 0.1) is 12.0 Å². The summed E-state index contributed by atoms with van der Waals surface area (Å²) in [5, 5.41) is 0. The van der Waals surface area contributed by atoms with Gasteiger partial charge in [0.1, 0.15) is 6.61 Å². The predicted octanol–water partition coefficient (Wildman–Crippen LogP) is 2.93. The molecule has 0 spiro atoms. The third kappa shape index (κ3) is 3.02. The van der Waals surface area contributed by atoms with Gasteiger partial charge in [-0.2, -0.15) is 0 Å². The maximum absolute atomic E-state index is 10.9. The minimum Gasteiger partial charge on any atom is -0.461 e. The Balaban J connectivity index is 2.26. The van der Waals surface area contributed by atoms with E-state index in [2.05, 4.69) is 29.9 Å². The smallest absolute Gasteiger partial charge is 0.302 e. The molecule has 0 aliphatic heterocycles. The van der Waals surface area contributed by atoms with Crippen LogP contribution in [0.25, 0.3) is 0 Å². The summed E-state index contributed by atoms with van der Waals surface area (Å²) >= 11 is 0. The van der Waals surface area contributed by atoms with E-state index in [0.29, 0.717) is 6.61 Å². The minimum atomic E-state index is -0.259. The van der Waals surface area contributed by atoms with Crippen LogP contribution in [-0.4, -0.2) is 15.9 Å². The Kier molecular flexibility index (Phi) is 4.00. The Morgan fingerprint density at radius 1 is 1.47 bits per heavy atom. The van der Waals surface area contributed by atoms with Gasteiger partial charge in [-0.3, -0.25) is 4.79 Å². The molecular formula is C15H18N2O2. The van der Waals surface area contributed by atoms with Crippen molar-refractivity contribution in [3.05, 3.63) is 53.1 Å². The van der Waals surface area contributed by atoms with Gasteiger partial charge in [-0.15, -0.1) is 0 Å². The van der Waals surface area contributed by atoms with E-state index in [0.717, 1.165) is 16.8 Å².